The predicted octanol–water partition coefficient (Wildman–Crippen LogP) is 5.82. The molecule has 1 fully saturated rings. The molecule has 2 N–H and O–H groups in total. The summed E-state index contributed by atoms with van der Waals surface area (Å²) in [7, 11) is 0. The third kappa shape index (κ3) is 4.92. The highest BCUT2D eigenvalue weighted by atomic mass is 35.5. The van der Waals surface area contributed by atoms with Crippen molar-refractivity contribution in [1.82, 2.24) is 14.9 Å². The number of nitrogens with zero attached hydrogens (tertiary/aromatic N) is 3. The molecule has 7 heteroatoms. The molecule has 1 aliphatic heterocycles. The normalized spacial score (nSPS) is 15.6. The standard InChI is InChI=1S/C22H25Cl2N5/c1-2-29-11-9-15(10-12-29)14-25-22-27-20-6-4-3-5-17(20)21(28-22)26-16-7-8-18(23)19(24)13-16/h3-8,13,15H,2,9-12,14H2,1H3,(H2,25,26,27,28). The fourth-order valence-electron chi connectivity index (χ4n) is 3.70. The van der Waals surface area contributed by atoms with Crippen molar-refractivity contribution in [2.24, 2.45) is 5.92 Å². The number of halogens is 2. The number of hydrogen-bond acceptors (Lipinski definition) is 5. The number of fused-ring (bicyclic) bond motifs is 1. The molecule has 0 spiro atoms. The van der Waals surface area contributed by atoms with E-state index in [1.54, 1.807) is 12.1 Å². The van der Waals surface area contributed by atoms with Gasteiger partial charge >= 0.3 is 0 Å². The van der Waals surface area contributed by atoms with E-state index in [2.05, 4.69) is 22.5 Å². The highest BCUT2D eigenvalue weighted by Crippen LogP contribution is 2.29. The van der Waals surface area contributed by atoms with Gasteiger partial charge in [0.25, 0.3) is 0 Å². The summed E-state index contributed by atoms with van der Waals surface area (Å²) in [6, 6.07) is 13.5. The van der Waals surface area contributed by atoms with Crippen molar-refractivity contribution >= 4 is 51.6 Å². The lowest BCUT2D eigenvalue weighted by molar-refractivity contribution is 0.198. The van der Waals surface area contributed by atoms with Gasteiger partial charge in [0.15, 0.2) is 0 Å². The second-order valence-corrected chi connectivity index (χ2v) is 8.24. The van der Waals surface area contributed by atoms with Crippen molar-refractivity contribution in [1.29, 1.82) is 0 Å². The van der Waals surface area contributed by atoms with Crippen molar-refractivity contribution in [2.45, 2.75) is 19.8 Å². The van der Waals surface area contributed by atoms with Crippen LogP contribution in [-0.2, 0) is 0 Å². The molecule has 0 unspecified atom stereocenters. The lowest BCUT2D eigenvalue weighted by Crippen LogP contribution is -2.35. The smallest absolute Gasteiger partial charge is 0.225 e. The Labute approximate surface area is 181 Å². The molecule has 152 valence electrons. The largest absolute Gasteiger partial charge is 0.354 e. The van der Waals surface area contributed by atoms with Crippen LogP contribution >= 0.6 is 23.2 Å². The van der Waals surface area contributed by atoms with E-state index < -0.39 is 0 Å². The first kappa shape index (κ1) is 20.2. The number of nitrogens with one attached hydrogen (secondary N) is 2. The Morgan fingerprint density at radius 1 is 1.03 bits per heavy atom. The molecule has 0 saturated carbocycles. The van der Waals surface area contributed by atoms with Gasteiger partial charge in [-0.05, 0) is 68.7 Å². The van der Waals surface area contributed by atoms with Crippen molar-refractivity contribution < 1.29 is 0 Å². The van der Waals surface area contributed by atoms with Crippen LogP contribution in [0.5, 0.6) is 0 Å². The van der Waals surface area contributed by atoms with E-state index in [4.69, 9.17) is 33.2 Å². The zero-order valence-electron chi connectivity index (χ0n) is 16.5. The SMILES string of the molecule is CCN1CCC(CNc2nc(Nc3ccc(Cl)c(Cl)c3)c3ccccc3n2)CC1. The Hall–Kier alpha value is -2.08. The number of para-hydroxylation sites is 1. The monoisotopic (exact) mass is 429 g/mol. The Morgan fingerprint density at radius 2 is 1.83 bits per heavy atom. The molecule has 0 atom stereocenters. The molecule has 29 heavy (non-hydrogen) atoms. The quantitative estimate of drug-likeness (QED) is 0.516. The summed E-state index contributed by atoms with van der Waals surface area (Å²) in [5.41, 5.74) is 1.73. The van der Waals surface area contributed by atoms with Gasteiger partial charge in [-0.25, -0.2) is 4.98 Å². The van der Waals surface area contributed by atoms with Gasteiger partial charge in [-0.2, -0.15) is 4.98 Å². The maximum absolute atomic E-state index is 6.17. The molecule has 0 amide bonds. The Balaban J connectivity index is 1.53. The van der Waals surface area contributed by atoms with Crippen molar-refractivity contribution in [3.8, 4) is 0 Å². The molecular formula is C22H25Cl2N5. The molecule has 4 rings (SSSR count). The summed E-state index contributed by atoms with van der Waals surface area (Å²) < 4.78 is 0. The van der Waals surface area contributed by atoms with Gasteiger partial charge in [-0.3, -0.25) is 0 Å². The van der Waals surface area contributed by atoms with Crippen LogP contribution in [0.2, 0.25) is 10.0 Å². The van der Waals surface area contributed by atoms with Crippen LogP contribution in [-0.4, -0.2) is 41.0 Å². The minimum Gasteiger partial charge on any atom is -0.354 e. The summed E-state index contributed by atoms with van der Waals surface area (Å²) in [5, 5.41) is 8.82. The highest BCUT2D eigenvalue weighted by molar-refractivity contribution is 6.42. The van der Waals surface area contributed by atoms with E-state index in [1.165, 1.54) is 25.9 Å². The summed E-state index contributed by atoms with van der Waals surface area (Å²) in [4.78, 5) is 12.0. The first-order valence-electron chi connectivity index (χ1n) is 10.1. The molecule has 2 heterocycles. The van der Waals surface area contributed by atoms with E-state index in [0.29, 0.717) is 21.9 Å². The molecule has 0 radical (unpaired) electrons. The third-order valence-electron chi connectivity index (χ3n) is 5.49. The zero-order chi connectivity index (χ0) is 20.2. The first-order valence-corrected chi connectivity index (χ1v) is 10.8. The number of aromatic nitrogens is 2. The summed E-state index contributed by atoms with van der Waals surface area (Å²) in [5.74, 6) is 2.04. The minimum atomic E-state index is 0.506. The van der Waals surface area contributed by atoms with Gasteiger partial charge in [0, 0.05) is 17.6 Å². The van der Waals surface area contributed by atoms with Gasteiger partial charge in [0.2, 0.25) is 5.95 Å². The Bertz CT molecular complexity index is 986. The average Bonchev–Trinajstić information content (AvgIpc) is 2.75. The van der Waals surface area contributed by atoms with Crippen molar-refractivity contribution in [3.05, 3.63) is 52.5 Å². The molecule has 1 saturated heterocycles. The minimum absolute atomic E-state index is 0.506. The first-order chi connectivity index (χ1) is 14.1. The van der Waals surface area contributed by atoms with Gasteiger partial charge in [-0.15, -0.1) is 0 Å². The number of anilines is 3. The fraction of sp³-hybridized carbons (Fsp3) is 0.364. The van der Waals surface area contributed by atoms with Crippen molar-refractivity contribution in [2.75, 3.05) is 36.8 Å². The van der Waals surface area contributed by atoms with Crippen LogP contribution in [0.15, 0.2) is 42.5 Å². The van der Waals surface area contributed by atoms with Gasteiger partial charge in [-0.1, -0.05) is 42.3 Å². The molecule has 1 aromatic heterocycles. The zero-order valence-corrected chi connectivity index (χ0v) is 18.0. The lowest BCUT2D eigenvalue weighted by Gasteiger charge is -2.31. The Kier molecular flexibility index (Phi) is 6.38. The molecular weight excluding hydrogens is 405 g/mol. The number of benzene rings is 2. The average molecular weight is 430 g/mol. The van der Waals surface area contributed by atoms with Gasteiger partial charge in [0.05, 0.1) is 15.6 Å². The van der Waals surface area contributed by atoms with Crippen LogP contribution in [0.3, 0.4) is 0 Å². The maximum atomic E-state index is 6.17. The number of rotatable bonds is 6. The van der Waals surface area contributed by atoms with Crippen LogP contribution in [0.25, 0.3) is 10.9 Å². The second kappa shape index (κ2) is 9.16. The van der Waals surface area contributed by atoms with Gasteiger partial charge < -0.3 is 15.5 Å². The molecule has 5 nitrogen and oxygen atoms in total. The number of likely N-dealkylation sites (tertiary alicyclic amines) is 1. The molecule has 3 aromatic rings. The maximum Gasteiger partial charge on any atom is 0.225 e. The van der Waals surface area contributed by atoms with E-state index in [1.807, 2.05) is 30.3 Å². The molecule has 2 aromatic carbocycles. The predicted molar refractivity (Wildman–Crippen MR) is 123 cm³/mol. The number of hydrogen-bond donors (Lipinski definition) is 2. The van der Waals surface area contributed by atoms with Crippen molar-refractivity contribution in [3.63, 3.8) is 0 Å². The van der Waals surface area contributed by atoms with E-state index >= 15 is 0 Å². The molecule has 1 aliphatic rings. The molecule has 0 aliphatic carbocycles. The Morgan fingerprint density at radius 3 is 2.59 bits per heavy atom. The fourth-order valence-corrected chi connectivity index (χ4v) is 4.00. The third-order valence-corrected chi connectivity index (χ3v) is 6.23. The van der Waals surface area contributed by atoms with Crippen LogP contribution < -0.4 is 10.6 Å². The summed E-state index contributed by atoms with van der Waals surface area (Å²) in [6.07, 6.45) is 2.42. The second-order valence-electron chi connectivity index (χ2n) is 7.43. The topological polar surface area (TPSA) is 53.1 Å². The van der Waals surface area contributed by atoms with E-state index in [-0.39, 0.29) is 0 Å². The van der Waals surface area contributed by atoms with E-state index in [0.717, 1.165) is 35.5 Å². The highest BCUT2D eigenvalue weighted by Gasteiger charge is 2.18. The summed E-state index contributed by atoms with van der Waals surface area (Å²) >= 11 is 12.2. The van der Waals surface area contributed by atoms with Crippen LogP contribution in [0.1, 0.15) is 19.8 Å². The van der Waals surface area contributed by atoms with Crippen LogP contribution in [0, 0.1) is 5.92 Å². The number of piperidine rings is 1. The van der Waals surface area contributed by atoms with Crippen LogP contribution in [0.4, 0.5) is 17.5 Å². The van der Waals surface area contributed by atoms with Gasteiger partial charge in [0.1, 0.15) is 5.82 Å². The van der Waals surface area contributed by atoms with E-state index in [9.17, 15) is 0 Å². The summed E-state index contributed by atoms with van der Waals surface area (Å²) in [6.45, 7) is 6.60. The molecule has 0 bridgehead atoms. The lowest BCUT2D eigenvalue weighted by atomic mass is 9.97.